The van der Waals surface area contributed by atoms with Gasteiger partial charge >= 0.3 is 0 Å². The monoisotopic (exact) mass is 357 g/mol. The van der Waals surface area contributed by atoms with Gasteiger partial charge in [-0.2, -0.15) is 0 Å². The second-order valence-electron chi connectivity index (χ2n) is 5.47. The van der Waals surface area contributed by atoms with E-state index in [4.69, 9.17) is 10.9 Å². The number of benzene rings is 2. The number of hydrogen-bond acceptors (Lipinski definition) is 5. The molecule has 0 spiro atoms. The Kier molecular flexibility index (Phi) is 4.11. The number of primary amides is 1. The highest BCUT2D eigenvalue weighted by Gasteiger charge is 2.20. The van der Waals surface area contributed by atoms with Crippen molar-refractivity contribution in [3.05, 3.63) is 59.8 Å². The van der Waals surface area contributed by atoms with Gasteiger partial charge < -0.3 is 5.73 Å². The number of rotatable bonds is 4. The lowest BCUT2D eigenvalue weighted by molar-refractivity contribution is 0.0996. The molecule has 1 aromatic heterocycles. The molecule has 9 heteroatoms. The smallest absolute Gasteiger partial charge is 0.271 e. The van der Waals surface area contributed by atoms with Gasteiger partial charge in [-0.05, 0) is 31.2 Å². The minimum atomic E-state index is -3.80. The van der Waals surface area contributed by atoms with Crippen LogP contribution in [0.5, 0.6) is 0 Å². The Morgan fingerprint density at radius 1 is 1.04 bits per heavy atom. The van der Waals surface area contributed by atoms with Crippen LogP contribution in [0.1, 0.15) is 16.1 Å². The number of carbonyl (C=O) groups is 1. The average molecular weight is 357 g/mol. The Hall–Kier alpha value is -3.04. The van der Waals surface area contributed by atoms with Crippen molar-refractivity contribution in [1.82, 2.24) is 15.0 Å². The van der Waals surface area contributed by atoms with Crippen molar-refractivity contribution >= 4 is 15.9 Å². The van der Waals surface area contributed by atoms with Gasteiger partial charge in [0.2, 0.25) is 10.0 Å². The van der Waals surface area contributed by atoms with Crippen molar-refractivity contribution < 1.29 is 13.2 Å². The van der Waals surface area contributed by atoms with Gasteiger partial charge in [0.15, 0.2) is 5.69 Å². The second kappa shape index (κ2) is 6.11. The lowest BCUT2D eigenvalue weighted by Crippen LogP contribution is -2.13. The highest BCUT2D eigenvalue weighted by molar-refractivity contribution is 7.89. The average Bonchev–Trinajstić information content (AvgIpc) is 3.00. The molecule has 0 bridgehead atoms. The molecule has 1 amide bonds. The fraction of sp³-hybridized carbons (Fsp3) is 0.0625. The minimum Gasteiger partial charge on any atom is -0.364 e. The fourth-order valence-corrected chi connectivity index (χ4v) is 2.89. The quantitative estimate of drug-likeness (QED) is 0.718. The molecule has 0 radical (unpaired) electrons. The van der Waals surface area contributed by atoms with Crippen LogP contribution in [-0.4, -0.2) is 29.3 Å². The predicted molar refractivity (Wildman–Crippen MR) is 91.4 cm³/mol. The Morgan fingerprint density at radius 2 is 1.64 bits per heavy atom. The van der Waals surface area contributed by atoms with Crippen LogP contribution in [0, 0.1) is 6.92 Å². The molecule has 3 aromatic rings. The minimum absolute atomic E-state index is 0.0247. The van der Waals surface area contributed by atoms with Crippen molar-refractivity contribution in [3.63, 3.8) is 0 Å². The zero-order valence-corrected chi connectivity index (χ0v) is 14.1. The Balaban J connectivity index is 2.17. The number of aromatic nitrogens is 3. The molecule has 0 saturated heterocycles. The van der Waals surface area contributed by atoms with E-state index < -0.39 is 15.9 Å². The van der Waals surface area contributed by atoms with Crippen molar-refractivity contribution in [2.45, 2.75) is 11.8 Å². The van der Waals surface area contributed by atoms with E-state index in [0.717, 1.165) is 5.56 Å². The van der Waals surface area contributed by atoms with Crippen molar-refractivity contribution in [2.75, 3.05) is 0 Å². The molecule has 0 saturated carbocycles. The molecular weight excluding hydrogens is 342 g/mol. The van der Waals surface area contributed by atoms with Crippen LogP contribution in [0.2, 0.25) is 0 Å². The van der Waals surface area contributed by atoms with Gasteiger partial charge in [-0.1, -0.05) is 35.0 Å². The summed E-state index contributed by atoms with van der Waals surface area (Å²) in [5.41, 5.74) is 8.14. The largest absolute Gasteiger partial charge is 0.364 e. The normalized spacial score (nSPS) is 11.4. The predicted octanol–water partition coefficient (Wildman–Crippen LogP) is 0.989. The first-order valence-corrected chi connectivity index (χ1v) is 8.78. The molecule has 1 heterocycles. The van der Waals surface area contributed by atoms with E-state index in [2.05, 4.69) is 10.3 Å². The number of aryl methyl sites for hydroxylation is 1. The summed E-state index contributed by atoms with van der Waals surface area (Å²) in [7, 11) is -3.80. The number of primary sulfonamides is 1. The zero-order chi connectivity index (χ0) is 18.2. The van der Waals surface area contributed by atoms with Gasteiger partial charge in [0.25, 0.3) is 5.91 Å². The molecule has 0 fully saturated rings. The molecule has 0 aliphatic rings. The zero-order valence-electron chi connectivity index (χ0n) is 13.2. The van der Waals surface area contributed by atoms with E-state index in [9.17, 15) is 13.2 Å². The van der Waals surface area contributed by atoms with Crippen LogP contribution in [0.25, 0.3) is 16.9 Å². The maximum Gasteiger partial charge on any atom is 0.271 e. The highest BCUT2D eigenvalue weighted by Crippen LogP contribution is 2.26. The number of hydrogen-bond donors (Lipinski definition) is 2. The number of nitrogens with two attached hydrogens (primary N) is 2. The van der Waals surface area contributed by atoms with Crippen LogP contribution in [-0.2, 0) is 10.0 Å². The molecule has 128 valence electrons. The summed E-state index contributed by atoms with van der Waals surface area (Å²) in [5, 5.41) is 12.9. The Morgan fingerprint density at radius 3 is 2.16 bits per heavy atom. The second-order valence-corrected chi connectivity index (χ2v) is 7.03. The summed E-state index contributed by atoms with van der Waals surface area (Å²) < 4.78 is 24.2. The van der Waals surface area contributed by atoms with Gasteiger partial charge in [0.1, 0.15) is 5.69 Å². The lowest BCUT2D eigenvalue weighted by atomic mass is 10.1. The van der Waals surface area contributed by atoms with Crippen LogP contribution >= 0.6 is 0 Å². The molecule has 0 atom stereocenters. The van der Waals surface area contributed by atoms with Crippen LogP contribution < -0.4 is 10.9 Å². The summed E-state index contributed by atoms with van der Waals surface area (Å²) in [6.45, 7) is 1.94. The molecule has 4 N–H and O–H groups in total. The summed E-state index contributed by atoms with van der Waals surface area (Å²) in [4.78, 5) is 11.7. The third-order valence-corrected chi connectivity index (χ3v) is 4.57. The van der Waals surface area contributed by atoms with Crippen LogP contribution in [0.15, 0.2) is 53.4 Å². The summed E-state index contributed by atoms with van der Waals surface area (Å²) >= 11 is 0. The lowest BCUT2D eigenvalue weighted by Gasteiger charge is -2.08. The fourth-order valence-electron chi connectivity index (χ4n) is 2.38. The molecule has 3 rings (SSSR count). The Bertz CT molecular complexity index is 1040. The van der Waals surface area contributed by atoms with E-state index in [1.807, 2.05) is 31.2 Å². The number of sulfonamides is 1. The molecule has 0 unspecified atom stereocenters. The van der Waals surface area contributed by atoms with Gasteiger partial charge in [-0.3, -0.25) is 4.79 Å². The standard InChI is InChI=1S/C16H15N5O3S/c1-10-2-4-11(5-3-10)15-14(16(17)22)19-20-21(15)12-6-8-13(9-7-12)25(18,23)24/h2-9H,1H3,(H2,17,22)(H2,18,23,24). The first-order chi connectivity index (χ1) is 11.8. The van der Waals surface area contributed by atoms with Crippen LogP contribution in [0.3, 0.4) is 0 Å². The van der Waals surface area contributed by atoms with E-state index >= 15 is 0 Å². The summed E-state index contributed by atoms with van der Waals surface area (Å²) in [5.74, 6) is -0.706. The van der Waals surface area contributed by atoms with E-state index in [-0.39, 0.29) is 10.6 Å². The first kappa shape index (κ1) is 16.8. The number of amides is 1. The van der Waals surface area contributed by atoms with Gasteiger partial charge in [0.05, 0.1) is 10.6 Å². The van der Waals surface area contributed by atoms with Gasteiger partial charge in [-0.25, -0.2) is 18.2 Å². The Labute approximate surface area is 144 Å². The maximum absolute atomic E-state index is 11.7. The van der Waals surface area contributed by atoms with Gasteiger partial charge in [-0.15, -0.1) is 5.10 Å². The molecule has 8 nitrogen and oxygen atoms in total. The van der Waals surface area contributed by atoms with E-state index in [1.165, 1.54) is 28.9 Å². The van der Waals surface area contributed by atoms with Crippen molar-refractivity contribution in [1.29, 1.82) is 0 Å². The maximum atomic E-state index is 11.7. The molecule has 25 heavy (non-hydrogen) atoms. The third kappa shape index (κ3) is 3.28. The van der Waals surface area contributed by atoms with Crippen molar-refractivity contribution in [3.8, 4) is 16.9 Å². The van der Waals surface area contributed by atoms with Crippen molar-refractivity contribution in [2.24, 2.45) is 10.9 Å². The topological polar surface area (TPSA) is 134 Å². The number of nitrogens with zero attached hydrogens (tertiary/aromatic N) is 3. The first-order valence-electron chi connectivity index (χ1n) is 7.23. The molecule has 2 aromatic carbocycles. The number of carbonyl (C=O) groups excluding carboxylic acids is 1. The molecule has 0 aliphatic carbocycles. The summed E-state index contributed by atoms with van der Waals surface area (Å²) in [6.07, 6.45) is 0. The van der Waals surface area contributed by atoms with Crippen LogP contribution in [0.4, 0.5) is 0 Å². The third-order valence-electron chi connectivity index (χ3n) is 3.64. The summed E-state index contributed by atoms with van der Waals surface area (Å²) in [6, 6.07) is 13.2. The molecule has 0 aliphatic heterocycles. The van der Waals surface area contributed by atoms with Gasteiger partial charge in [0, 0.05) is 5.56 Å². The highest BCUT2D eigenvalue weighted by atomic mass is 32.2. The van der Waals surface area contributed by atoms with E-state index in [0.29, 0.717) is 16.9 Å². The SMILES string of the molecule is Cc1ccc(-c2c(C(N)=O)nnn2-c2ccc(S(N)(=O)=O)cc2)cc1. The molecular formula is C16H15N5O3S. The van der Waals surface area contributed by atoms with E-state index in [1.54, 1.807) is 0 Å².